The maximum absolute atomic E-state index is 12.2. The molecule has 0 aliphatic carbocycles. The summed E-state index contributed by atoms with van der Waals surface area (Å²) in [6, 6.07) is 12.8. The molecule has 1 atom stereocenters. The monoisotopic (exact) mass is 283 g/mol. The van der Waals surface area contributed by atoms with Crippen LogP contribution in [0.3, 0.4) is 0 Å². The van der Waals surface area contributed by atoms with Crippen LogP contribution >= 0.6 is 0 Å². The lowest BCUT2D eigenvalue weighted by molar-refractivity contribution is 0.102. The van der Waals surface area contributed by atoms with Gasteiger partial charge in [0.2, 0.25) is 0 Å². The number of ether oxygens (including phenoxy) is 1. The van der Waals surface area contributed by atoms with Crippen molar-refractivity contribution in [1.29, 1.82) is 0 Å². The number of anilines is 1. The Kier molecular flexibility index (Phi) is 3.73. The zero-order valence-corrected chi connectivity index (χ0v) is 11.8. The molecule has 1 heterocycles. The summed E-state index contributed by atoms with van der Waals surface area (Å²) in [4.78, 5) is 12.2. The van der Waals surface area contributed by atoms with Crippen LogP contribution in [-0.4, -0.2) is 11.0 Å². The van der Waals surface area contributed by atoms with Gasteiger partial charge in [-0.05, 0) is 47.9 Å². The topological polar surface area (TPSA) is 58.6 Å². The minimum atomic E-state index is -0.508. The lowest BCUT2D eigenvalue weighted by Gasteiger charge is -2.09. The van der Waals surface area contributed by atoms with Gasteiger partial charge in [-0.1, -0.05) is 18.2 Å². The molecule has 4 nitrogen and oxygen atoms in total. The highest BCUT2D eigenvalue weighted by Crippen LogP contribution is 2.22. The number of amides is 1. The molecule has 0 saturated carbocycles. The van der Waals surface area contributed by atoms with Crippen LogP contribution in [-0.2, 0) is 18.0 Å². The van der Waals surface area contributed by atoms with E-state index in [-0.39, 0.29) is 5.91 Å². The molecule has 108 valence electrons. The first-order valence-electron chi connectivity index (χ1n) is 6.92. The molecule has 0 fully saturated rings. The van der Waals surface area contributed by atoms with Gasteiger partial charge in [-0.3, -0.25) is 4.79 Å². The van der Waals surface area contributed by atoms with Crippen LogP contribution in [0.4, 0.5) is 5.69 Å². The lowest BCUT2D eigenvalue weighted by Crippen LogP contribution is -2.12. The molecule has 1 aliphatic heterocycles. The van der Waals surface area contributed by atoms with Gasteiger partial charge >= 0.3 is 0 Å². The molecule has 2 aromatic rings. The standard InChI is InChI=1S/C17H17NO3/c1-11(19)12-4-6-16(7-5-12)18-17(20)13-2-3-14-9-21-10-15(14)8-13/h2-8,11,19H,9-10H2,1H3,(H,18,20). The molecule has 1 aliphatic rings. The third kappa shape index (κ3) is 2.96. The molecule has 0 aromatic heterocycles. The first-order chi connectivity index (χ1) is 10.1. The Labute approximate surface area is 123 Å². The van der Waals surface area contributed by atoms with Crippen molar-refractivity contribution in [1.82, 2.24) is 0 Å². The van der Waals surface area contributed by atoms with Crippen molar-refractivity contribution in [3.05, 3.63) is 64.7 Å². The first-order valence-corrected chi connectivity index (χ1v) is 6.92. The maximum Gasteiger partial charge on any atom is 0.255 e. The van der Waals surface area contributed by atoms with E-state index in [1.54, 1.807) is 31.2 Å². The second-order valence-electron chi connectivity index (χ2n) is 5.23. The molecular formula is C17H17NO3. The first kappa shape index (κ1) is 13.8. The fraction of sp³-hybridized carbons (Fsp3) is 0.235. The van der Waals surface area contributed by atoms with E-state index in [1.165, 1.54) is 0 Å². The molecule has 0 radical (unpaired) electrons. The summed E-state index contributed by atoms with van der Waals surface area (Å²) in [7, 11) is 0. The predicted octanol–water partition coefficient (Wildman–Crippen LogP) is 3.02. The van der Waals surface area contributed by atoms with E-state index in [0.717, 1.165) is 16.7 Å². The Hall–Kier alpha value is -2.17. The number of carbonyl (C=O) groups is 1. The van der Waals surface area contributed by atoms with E-state index in [0.29, 0.717) is 24.5 Å². The van der Waals surface area contributed by atoms with Crippen LogP contribution in [0.5, 0.6) is 0 Å². The van der Waals surface area contributed by atoms with E-state index < -0.39 is 6.10 Å². The average Bonchev–Trinajstić information content (AvgIpc) is 2.95. The number of nitrogens with one attached hydrogen (secondary N) is 1. The fourth-order valence-electron chi connectivity index (χ4n) is 2.36. The molecule has 2 N–H and O–H groups in total. The summed E-state index contributed by atoms with van der Waals surface area (Å²) in [6.45, 7) is 2.90. The summed E-state index contributed by atoms with van der Waals surface area (Å²) < 4.78 is 5.35. The van der Waals surface area contributed by atoms with Gasteiger partial charge in [0.15, 0.2) is 0 Å². The van der Waals surface area contributed by atoms with Gasteiger partial charge in [-0.15, -0.1) is 0 Å². The number of aliphatic hydroxyl groups excluding tert-OH is 1. The lowest BCUT2D eigenvalue weighted by atomic mass is 10.1. The van der Waals surface area contributed by atoms with Crippen LogP contribution in [0.25, 0.3) is 0 Å². The minimum Gasteiger partial charge on any atom is -0.389 e. The van der Waals surface area contributed by atoms with Crippen molar-refractivity contribution in [3.63, 3.8) is 0 Å². The molecule has 0 saturated heterocycles. The largest absolute Gasteiger partial charge is 0.389 e. The van der Waals surface area contributed by atoms with Crippen molar-refractivity contribution in [2.24, 2.45) is 0 Å². The van der Waals surface area contributed by atoms with E-state index in [4.69, 9.17) is 4.74 Å². The second kappa shape index (κ2) is 5.68. The van der Waals surface area contributed by atoms with Gasteiger partial charge in [0.1, 0.15) is 0 Å². The molecule has 1 unspecified atom stereocenters. The van der Waals surface area contributed by atoms with Crippen LogP contribution in [0.2, 0.25) is 0 Å². The number of benzene rings is 2. The van der Waals surface area contributed by atoms with Crippen LogP contribution in [0.15, 0.2) is 42.5 Å². The van der Waals surface area contributed by atoms with Crippen molar-refractivity contribution < 1.29 is 14.6 Å². The van der Waals surface area contributed by atoms with E-state index in [9.17, 15) is 9.90 Å². The summed E-state index contributed by atoms with van der Waals surface area (Å²) >= 11 is 0. The highest BCUT2D eigenvalue weighted by atomic mass is 16.5. The van der Waals surface area contributed by atoms with Gasteiger partial charge in [0, 0.05) is 11.3 Å². The van der Waals surface area contributed by atoms with E-state index in [2.05, 4.69) is 5.32 Å². The van der Waals surface area contributed by atoms with Gasteiger partial charge < -0.3 is 15.2 Å². The molecule has 4 heteroatoms. The third-order valence-corrected chi connectivity index (χ3v) is 3.63. The third-order valence-electron chi connectivity index (χ3n) is 3.63. The van der Waals surface area contributed by atoms with Crippen LogP contribution in [0, 0.1) is 0 Å². The zero-order valence-electron chi connectivity index (χ0n) is 11.8. The Morgan fingerprint density at radius 3 is 2.57 bits per heavy atom. The van der Waals surface area contributed by atoms with Crippen molar-refractivity contribution in [2.45, 2.75) is 26.2 Å². The molecule has 21 heavy (non-hydrogen) atoms. The molecule has 0 bridgehead atoms. The number of hydrogen-bond acceptors (Lipinski definition) is 3. The summed E-state index contributed by atoms with van der Waals surface area (Å²) in [5.74, 6) is -0.144. The SMILES string of the molecule is CC(O)c1ccc(NC(=O)c2ccc3c(c2)COC3)cc1. The van der Waals surface area contributed by atoms with E-state index in [1.807, 2.05) is 18.2 Å². The molecular weight excluding hydrogens is 266 g/mol. The molecule has 2 aromatic carbocycles. The highest BCUT2D eigenvalue weighted by molar-refractivity contribution is 6.04. The quantitative estimate of drug-likeness (QED) is 0.910. The average molecular weight is 283 g/mol. The van der Waals surface area contributed by atoms with Crippen molar-refractivity contribution in [2.75, 3.05) is 5.32 Å². The normalized spacial score (nSPS) is 14.6. The van der Waals surface area contributed by atoms with E-state index >= 15 is 0 Å². The summed E-state index contributed by atoms with van der Waals surface area (Å²) in [5.41, 5.74) is 4.38. The summed E-state index contributed by atoms with van der Waals surface area (Å²) in [6.07, 6.45) is -0.508. The minimum absolute atomic E-state index is 0.144. The van der Waals surface area contributed by atoms with Gasteiger partial charge in [0.25, 0.3) is 5.91 Å². The maximum atomic E-state index is 12.2. The van der Waals surface area contributed by atoms with Crippen molar-refractivity contribution >= 4 is 11.6 Å². The highest BCUT2D eigenvalue weighted by Gasteiger charge is 2.14. The molecule has 1 amide bonds. The van der Waals surface area contributed by atoms with Crippen molar-refractivity contribution in [3.8, 4) is 0 Å². The molecule has 0 spiro atoms. The number of rotatable bonds is 3. The number of fused-ring (bicyclic) bond motifs is 1. The van der Waals surface area contributed by atoms with Gasteiger partial charge in [-0.2, -0.15) is 0 Å². The van der Waals surface area contributed by atoms with Gasteiger partial charge in [-0.25, -0.2) is 0 Å². The Bertz CT molecular complexity index is 662. The van der Waals surface area contributed by atoms with Crippen LogP contribution < -0.4 is 5.32 Å². The fourth-order valence-corrected chi connectivity index (χ4v) is 2.36. The Balaban J connectivity index is 1.74. The van der Waals surface area contributed by atoms with Crippen LogP contribution in [0.1, 0.15) is 40.1 Å². The second-order valence-corrected chi connectivity index (χ2v) is 5.23. The molecule has 3 rings (SSSR count). The predicted molar refractivity (Wildman–Crippen MR) is 80.0 cm³/mol. The summed E-state index contributed by atoms with van der Waals surface area (Å²) in [5, 5.41) is 12.3. The smallest absolute Gasteiger partial charge is 0.255 e. The number of aliphatic hydroxyl groups is 1. The Morgan fingerprint density at radius 2 is 1.86 bits per heavy atom. The Morgan fingerprint density at radius 1 is 1.14 bits per heavy atom. The number of hydrogen-bond donors (Lipinski definition) is 2. The zero-order chi connectivity index (χ0) is 14.8. The number of carbonyl (C=O) groups excluding carboxylic acids is 1. The van der Waals surface area contributed by atoms with Gasteiger partial charge in [0.05, 0.1) is 19.3 Å².